The summed E-state index contributed by atoms with van der Waals surface area (Å²) in [6.45, 7) is 0. The van der Waals surface area contributed by atoms with Crippen molar-refractivity contribution in [3.8, 4) is 5.95 Å². The fraction of sp³-hybridized carbons (Fsp3) is 0.143. The zero-order chi connectivity index (χ0) is 10.7. The van der Waals surface area contributed by atoms with E-state index < -0.39 is 0 Å². The smallest absolute Gasteiger partial charge is 0.242 e. The molecule has 0 saturated heterocycles. The van der Waals surface area contributed by atoms with E-state index in [4.69, 9.17) is 5.84 Å². The predicted octanol–water partition coefficient (Wildman–Crippen LogP) is 0.0648. The summed E-state index contributed by atoms with van der Waals surface area (Å²) in [4.78, 5) is 16.3. The van der Waals surface area contributed by atoms with Crippen molar-refractivity contribution in [1.82, 2.24) is 24.5 Å². The van der Waals surface area contributed by atoms with Crippen LogP contribution in [0.5, 0.6) is 0 Å². The molecule has 0 atom stereocenters. The molecule has 0 radical (unpaired) electrons. The molecule has 2 heterocycles. The first-order valence-electron chi connectivity index (χ1n) is 4.08. The van der Waals surface area contributed by atoms with Crippen molar-refractivity contribution in [2.75, 3.05) is 11.7 Å². The van der Waals surface area contributed by atoms with Gasteiger partial charge in [0.05, 0.1) is 0 Å². The van der Waals surface area contributed by atoms with Crippen LogP contribution in [-0.2, 0) is 0 Å². The van der Waals surface area contributed by atoms with Gasteiger partial charge in [0, 0.05) is 12.4 Å². The first-order chi connectivity index (χ1) is 7.33. The third kappa shape index (κ3) is 2.05. The van der Waals surface area contributed by atoms with Crippen LogP contribution < -0.4 is 11.3 Å². The van der Waals surface area contributed by atoms with Crippen LogP contribution in [0.15, 0.2) is 23.9 Å². The lowest BCUT2D eigenvalue weighted by molar-refractivity contribution is 0.826. The number of hydrazine groups is 1. The van der Waals surface area contributed by atoms with Crippen LogP contribution in [0.2, 0.25) is 0 Å². The van der Waals surface area contributed by atoms with Crippen molar-refractivity contribution in [1.29, 1.82) is 0 Å². The number of aromatic nitrogens is 5. The number of thioether (sulfide) groups is 1. The van der Waals surface area contributed by atoms with Crippen molar-refractivity contribution < 1.29 is 0 Å². The van der Waals surface area contributed by atoms with Crippen LogP contribution in [0.3, 0.4) is 0 Å². The zero-order valence-electron chi connectivity index (χ0n) is 7.95. The molecule has 0 bridgehead atoms. The van der Waals surface area contributed by atoms with Crippen LogP contribution >= 0.6 is 11.8 Å². The van der Waals surface area contributed by atoms with E-state index in [1.165, 1.54) is 11.8 Å². The van der Waals surface area contributed by atoms with E-state index in [0.717, 1.165) is 0 Å². The van der Waals surface area contributed by atoms with E-state index in [2.05, 4.69) is 25.4 Å². The summed E-state index contributed by atoms with van der Waals surface area (Å²) in [5.74, 6) is 6.08. The van der Waals surface area contributed by atoms with Crippen LogP contribution in [0, 0.1) is 0 Å². The Balaban J connectivity index is 2.47. The maximum atomic E-state index is 5.26. The average molecular weight is 223 g/mol. The van der Waals surface area contributed by atoms with Gasteiger partial charge in [-0.25, -0.2) is 10.8 Å². The number of nitrogen functional groups attached to an aromatic ring is 1. The standard InChI is InChI=1S/C7H9N7S/c1-15-7-11-5(13-8)10-6(12-7)14-3-2-9-4-14/h2-4H,8H2,1H3,(H,10,11,12,13). The van der Waals surface area contributed by atoms with Gasteiger partial charge in [-0.3, -0.25) is 9.99 Å². The molecular formula is C7H9N7S. The van der Waals surface area contributed by atoms with Crippen molar-refractivity contribution in [3.63, 3.8) is 0 Å². The second-order valence-electron chi connectivity index (χ2n) is 2.56. The van der Waals surface area contributed by atoms with Gasteiger partial charge in [-0.1, -0.05) is 11.8 Å². The van der Waals surface area contributed by atoms with Gasteiger partial charge in [-0.15, -0.1) is 0 Å². The Bertz CT molecular complexity index is 418. The fourth-order valence-electron chi connectivity index (χ4n) is 0.995. The maximum Gasteiger partial charge on any atom is 0.242 e. The Morgan fingerprint density at radius 2 is 2.27 bits per heavy atom. The number of hydrogen-bond donors (Lipinski definition) is 2. The quantitative estimate of drug-likeness (QED) is 0.431. The number of hydrogen-bond acceptors (Lipinski definition) is 7. The molecule has 0 aliphatic heterocycles. The molecule has 78 valence electrons. The lowest BCUT2D eigenvalue weighted by atomic mass is 10.8. The summed E-state index contributed by atoms with van der Waals surface area (Å²) in [5.41, 5.74) is 2.39. The number of nitrogens with zero attached hydrogens (tertiary/aromatic N) is 5. The summed E-state index contributed by atoms with van der Waals surface area (Å²) in [7, 11) is 0. The van der Waals surface area contributed by atoms with Crippen LogP contribution in [0.4, 0.5) is 5.95 Å². The third-order valence-corrected chi connectivity index (χ3v) is 2.20. The minimum Gasteiger partial charge on any atom is -0.292 e. The number of anilines is 1. The molecule has 8 heteroatoms. The van der Waals surface area contributed by atoms with Gasteiger partial charge in [-0.05, 0) is 6.26 Å². The molecule has 2 aromatic heterocycles. The van der Waals surface area contributed by atoms with Crippen LogP contribution in [0.25, 0.3) is 5.95 Å². The molecule has 0 aliphatic rings. The predicted molar refractivity (Wildman–Crippen MR) is 56.5 cm³/mol. The first kappa shape index (κ1) is 9.87. The number of rotatable bonds is 3. The Labute approximate surface area is 90.1 Å². The molecule has 0 aliphatic carbocycles. The highest BCUT2D eigenvalue weighted by Gasteiger charge is 2.05. The van der Waals surface area contributed by atoms with Gasteiger partial charge in [0.15, 0.2) is 5.16 Å². The molecule has 0 unspecified atom stereocenters. The maximum absolute atomic E-state index is 5.26. The van der Waals surface area contributed by atoms with Gasteiger partial charge >= 0.3 is 0 Å². The Morgan fingerprint density at radius 1 is 1.40 bits per heavy atom. The van der Waals surface area contributed by atoms with E-state index in [0.29, 0.717) is 17.1 Å². The minimum absolute atomic E-state index is 0.332. The summed E-state index contributed by atoms with van der Waals surface area (Å²) in [6.07, 6.45) is 6.89. The highest BCUT2D eigenvalue weighted by atomic mass is 32.2. The Kier molecular flexibility index (Phi) is 2.79. The van der Waals surface area contributed by atoms with E-state index in [-0.39, 0.29) is 0 Å². The van der Waals surface area contributed by atoms with Crippen molar-refractivity contribution in [3.05, 3.63) is 18.7 Å². The molecular weight excluding hydrogens is 214 g/mol. The molecule has 2 aromatic rings. The van der Waals surface area contributed by atoms with E-state index in [9.17, 15) is 0 Å². The largest absolute Gasteiger partial charge is 0.292 e. The SMILES string of the molecule is CSc1nc(NN)nc(-n2ccnc2)n1. The summed E-state index contributed by atoms with van der Waals surface area (Å²) < 4.78 is 1.68. The monoisotopic (exact) mass is 223 g/mol. The molecule has 0 aromatic carbocycles. The number of nitrogens with two attached hydrogens (primary N) is 1. The normalized spacial score (nSPS) is 10.3. The van der Waals surface area contributed by atoms with Crippen molar-refractivity contribution >= 4 is 17.7 Å². The number of imidazole rings is 1. The van der Waals surface area contributed by atoms with Gasteiger partial charge in [0.25, 0.3) is 0 Å². The zero-order valence-corrected chi connectivity index (χ0v) is 8.77. The lowest BCUT2D eigenvalue weighted by Crippen LogP contribution is -2.13. The second kappa shape index (κ2) is 4.24. The van der Waals surface area contributed by atoms with E-state index in [1.807, 2.05) is 6.26 Å². The molecule has 2 rings (SSSR count). The fourth-order valence-corrected chi connectivity index (χ4v) is 1.35. The molecule has 7 nitrogen and oxygen atoms in total. The van der Waals surface area contributed by atoms with Crippen molar-refractivity contribution in [2.24, 2.45) is 5.84 Å². The second-order valence-corrected chi connectivity index (χ2v) is 3.33. The van der Waals surface area contributed by atoms with Crippen LogP contribution in [0.1, 0.15) is 0 Å². The van der Waals surface area contributed by atoms with Crippen LogP contribution in [-0.4, -0.2) is 30.8 Å². The minimum atomic E-state index is 0.332. The summed E-state index contributed by atoms with van der Waals surface area (Å²) in [5, 5.41) is 0.599. The van der Waals surface area contributed by atoms with Gasteiger partial charge in [0.2, 0.25) is 11.9 Å². The average Bonchev–Trinajstić information content (AvgIpc) is 2.81. The highest BCUT2D eigenvalue weighted by Crippen LogP contribution is 2.12. The number of nitrogens with one attached hydrogen (secondary N) is 1. The van der Waals surface area contributed by atoms with E-state index >= 15 is 0 Å². The lowest BCUT2D eigenvalue weighted by Gasteiger charge is -2.04. The third-order valence-electron chi connectivity index (χ3n) is 1.65. The Morgan fingerprint density at radius 3 is 2.87 bits per heavy atom. The molecule has 0 saturated carbocycles. The summed E-state index contributed by atoms with van der Waals surface area (Å²) >= 11 is 1.42. The molecule has 0 amide bonds. The molecule has 15 heavy (non-hydrogen) atoms. The highest BCUT2D eigenvalue weighted by molar-refractivity contribution is 7.98. The van der Waals surface area contributed by atoms with Gasteiger partial charge in [0.1, 0.15) is 6.33 Å². The molecule has 0 fully saturated rings. The van der Waals surface area contributed by atoms with Crippen molar-refractivity contribution in [2.45, 2.75) is 5.16 Å². The summed E-state index contributed by atoms with van der Waals surface area (Å²) in [6, 6.07) is 0. The molecule has 3 N–H and O–H groups in total. The van der Waals surface area contributed by atoms with Gasteiger partial charge < -0.3 is 0 Å². The Hall–Kier alpha value is -1.67. The topological polar surface area (TPSA) is 94.5 Å². The first-order valence-corrected chi connectivity index (χ1v) is 5.31. The van der Waals surface area contributed by atoms with Gasteiger partial charge in [-0.2, -0.15) is 15.0 Å². The van der Waals surface area contributed by atoms with E-state index in [1.54, 1.807) is 23.3 Å². The molecule has 0 spiro atoms.